The fourth-order valence-corrected chi connectivity index (χ4v) is 3.25. The molecule has 2 N–H and O–H groups in total. The molecule has 1 saturated heterocycles. The van der Waals surface area contributed by atoms with Gasteiger partial charge in [-0.15, -0.1) is 0 Å². The number of aromatic nitrogens is 2. The molecule has 5 nitrogen and oxygen atoms in total. The number of nitrogens with one attached hydrogen (secondary N) is 2. The van der Waals surface area contributed by atoms with Crippen molar-refractivity contribution in [3.63, 3.8) is 0 Å². The van der Waals surface area contributed by atoms with Crippen molar-refractivity contribution in [2.75, 3.05) is 0 Å². The minimum absolute atomic E-state index is 0.0234. The van der Waals surface area contributed by atoms with Gasteiger partial charge >= 0.3 is 0 Å². The molecule has 3 rings (SSSR count). The molecular formula is C14H20N4O. The summed E-state index contributed by atoms with van der Waals surface area (Å²) in [4.78, 5) is 12.1. The second-order valence-electron chi connectivity index (χ2n) is 5.54. The van der Waals surface area contributed by atoms with Gasteiger partial charge in [0.15, 0.2) is 0 Å². The van der Waals surface area contributed by atoms with Crippen LogP contribution in [0.15, 0.2) is 18.3 Å². The van der Waals surface area contributed by atoms with Gasteiger partial charge < -0.3 is 10.6 Å². The van der Waals surface area contributed by atoms with Crippen LogP contribution >= 0.6 is 0 Å². The Morgan fingerprint density at radius 2 is 2.32 bits per heavy atom. The predicted molar refractivity (Wildman–Crippen MR) is 71.2 cm³/mol. The molecule has 0 bridgehead atoms. The minimum atomic E-state index is -0.0234. The number of carbonyl (C=O) groups excluding carboxylic acids is 1. The summed E-state index contributed by atoms with van der Waals surface area (Å²) in [7, 11) is 0. The van der Waals surface area contributed by atoms with Crippen molar-refractivity contribution >= 4 is 5.91 Å². The fourth-order valence-electron chi connectivity index (χ4n) is 3.25. The SMILES string of the molecule is O=C(NCc1cccnn1)C1CC2CCCCC2N1. The average Bonchev–Trinajstić information content (AvgIpc) is 2.90. The summed E-state index contributed by atoms with van der Waals surface area (Å²) in [5, 5.41) is 14.2. The molecule has 3 unspecified atom stereocenters. The van der Waals surface area contributed by atoms with Gasteiger partial charge in [-0.3, -0.25) is 4.79 Å². The lowest BCUT2D eigenvalue weighted by atomic mass is 9.85. The summed E-state index contributed by atoms with van der Waals surface area (Å²) < 4.78 is 0. The van der Waals surface area contributed by atoms with E-state index in [0.29, 0.717) is 18.5 Å². The first-order chi connectivity index (χ1) is 9.33. The molecular weight excluding hydrogens is 240 g/mol. The molecule has 0 aromatic carbocycles. The predicted octanol–water partition coefficient (Wildman–Crippen LogP) is 1.01. The summed E-state index contributed by atoms with van der Waals surface area (Å²) in [5.41, 5.74) is 0.797. The minimum Gasteiger partial charge on any atom is -0.349 e. The van der Waals surface area contributed by atoms with E-state index < -0.39 is 0 Å². The zero-order valence-electron chi connectivity index (χ0n) is 11.0. The van der Waals surface area contributed by atoms with E-state index in [9.17, 15) is 4.79 Å². The zero-order valence-corrected chi connectivity index (χ0v) is 11.0. The standard InChI is InChI=1S/C14H20N4O/c19-14(15-9-11-5-3-7-16-18-11)13-8-10-4-1-2-6-12(10)17-13/h3,5,7,10,12-13,17H,1-2,4,6,8-9H2,(H,15,19). The van der Waals surface area contributed by atoms with Crippen molar-refractivity contribution in [2.24, 2.45) is 5.92 Å². The van der Waals surface area contributed by atoms with Gasteiger partial charge in [0.1, 0.15) is 0 Å². The van der Waals surface area contributed by atoms with Gasteiger partial charge in [-0.2, -0.15) is 10.2 Å². The van der Waals surface area contributed by atoms with Gasteiger partial charge in [0, 0.05) is 12.2 Å². The normalized spacial score (nSPS) is 29.8. The summed E-state index contributed by atoms with van der Waals surface area (Å²) in [6.07, 6.45) is 7.72. The van der Waals surface area contributed by atoms with E-state index in [0.717, 1.165) is 12.1 Å². The van der Waals surface area contributed by atoms with E-state index in [4.69, 9.17) is 0 Å². The Bertz CT molecular complexity index is 422. The van der Waals surface area contributed by atoms with Gasteiger partial charge in [0.25, 0.3) is 0 Å². The molecule has 2 aliphatic rings. The lowest BCUT2D eigenvalue weighted by Gasteiger charge is -2.24. The first-order valence-corrected chi connectivity index (χ1v) is 7.13. The largest absolute Gasteiger partial charge is 0.349 e. The van der Waals surface area contributed by atoms with Crippen molar-refractivity contribution in [1.29, 1.82) is 0 Å². The smallest absolute Gasteiger partial charge is 0.237 e. The van der Waals surface area contributed by atoms with Gasteiger partial charge in [-0.25, -0.2) is 0 Å². The highest BCUT2D eigenvalue weighted by atomic mass is 16.2. The van der Waals surface area contributed by atoms with E-state index in [1.165, 1.54) is 25.7 Å². The fraction of sp³-hybridized carbons (Fsp3) is 0.643. The third-order valence-corrected chi connectivity index (χ3v) is 4.25. The first kappa shape index (κ1) is 12.5. The number of nitrogens with zero attached hydrogens (tertiary/aromatic N) is 2. The average molecular weight is 260 g/mol. The maximum absolute atomic E-state index is 12.1. The lowest BCUT2D eigenvalue weighted by molar-refractivity contribution is -0.123. The lowest BCUT2D eigenvalue weighted by Crippen LogP contribution is -2.43. The van der Waals surface area contributed by atoms with E-state index in [2.05, 4.69) is 20.8 Å². The monoisotopic (exact) mass is 260 g/mol. The van der Waals surface area contributed by atoms with Crippen molar-refractivity contribution in [3.05, 3.63) is 24.0 Å². The Morgan fingerprint density at radius 1 is 1.42 bits per heavy atom. The molecule has 0 radical (unpaired) electrons. The number of amides is 1. The topological polar surface area (TPSA) is 66.9 Å². The maximum Gasteiger partial charge on any atom is 0.237 e. The van der Waals surface area contributed by atoms with Crippen LogP contribution in [0.2, 0.25) is 0 Å². The van der Waals surface area contributed by atoms with Crippen molar-refractivity contribution in [3.8, 4) is 0 Å². The van der Waals surface area contributed by atoms with Gasteiger partial charge in [0.2, 0.25) is 5.91 Å². The summed E-state index contributed by atoms with van der Waals surface area (Å²) >= 11 is 0. The van der Waals surface area contributed by atoms with E-state index in [-0.39, 0.29) is 11.9 Å². The highest BCUT2D eigenvalue weighted by Gasteiger charge is 2.37. The maximum atomic E-state index is 12.1. The van der Waals surface area contributed by atoms with Crippen LogP contribution in [0, 0.1) is 5.92 Å². The number of rotatable bonds is 3. The van der Waals surface area contributed by atoms with Crippen molar-refractivity contribution < 1.29 is 4.79 Å². The third-order valence-electron chi connectivity index (χ3n) is 4.25. The van der Waals surface area contributed by atoms with Crippen LogP contribution in [-0.4, -0.2) is 28.2 Å². The molecule has 1 aromatic rings. The highest BCUT2D eigenvalue weighted by Crippen LogP contribution is 2.33. The Kier molecular flexibility index (Phi) is 3.73. The first-order valence-electron chi connectivity index (χ1n) is 7.13. The molecule has 5 heteroatoms. The molecule has 3 atom stereocenters. The van der Waals surface area contributed by atoms with Crippen LogP contribution in [0.25, 0.3) is 0 Å². The molecule has 1 aliphatic carbocycles. The van der Waals surface area contributed by atoms with Gasteiger partial charge in [-0.05, 0) is 37.3 Å². The van der Waals surface area contributed by atoms with E-state index >= 15 is 0 Å². The van der Waals surface area contributed by atoms with Crippen LogP contribution in [0.3, 0.4) is 0 Å². The molecule has 1 amide bonds. The summed E-state index contributed by atoms with van der Waals surface area (Å²) in [6, 6.07) is 4.23. The summed E-state index contributed by atoms with van der Waals surface area (Å²) in [6.45, 7) is 0.459. The zero-order chi connectivity index (χ0) is 13.1. The number of hydrogen-bond acceptors (Lipinski definition) is 4. The molecule has 2 heterocycles. The molecule has 1 aromatic heterocycles. The Balaban J connectivity index is 1.51. The number of hydrogen-bond donors (Lipinski definition) is 2. The number of fused-ring (bicyclic) bond motifs is 1. The molecule has 1 saturated carbocycles. The Hall–Kier alpha value is -1.49. The molecule has 0 spiro atoms. The summed E-state index contributed by atoms with van der Waals surface area (Å²) in [5.74, 6) is 0.793. The molecule has 2 fully saturated rings. The van der Waals surface area contributed by atoms with E-state index in [1.807, 2.05) is 12.1 Å². The van der Waals surface area contributed by atoms with Crippen LogP contribution in [0.5, 0.6) is 0 Å². The second kappa shape index (κ2) is 5.65. The van der Waals surface area contributed by atoms with Crippen LogP contribution in [-0.2, 0) is 11.3 Å². The van der Waals surface area contributed by atoms with Crippen molar-refractivity contribution in [1.82, 2.24) is 20.8 Å². The van der Waals surface area contributed by atoms with Crippen LogP contribution in [0.4, 0.5) is 0 Å². The molecule has 102 valence electrons. The van der Waals surface area contributed by atoms with Crippen LogP contribution < -0.4 is 10.6 Å². The van der Waals surface area contributed by atoms with Gasteiger partial charge in [0.05, 0.1) is 18.3 Å². The molecule has 19 heavy (non-hydrogen) atoms. The quantitative estimate of drug-likeness (QED) is 0.851. The third kappa shape index (κ3) is 2.92. The van der Waals surface area contributed by atoms with Crippen LogP contribution in [0.1, 0.15) is 37.8 Å². The van der Waals surface area contributed by atoms with Gasteiger partial charge in [-0.1, -0.05) is 12.8 Å². The highest BCUT2D eigenvalue weighted by molar-refractivity contribution is 5.82. The van der Waals surface area contributed by atoms with E-state index in [1.54, 1.807) is 6.20 Å². The number of carbonyl (C=O) groups is 1. The molecule has 1 aliphatic heterocycles. The second-order valence-corrected chi connectivity index (χ2v) is 5.54. The van der Waals surface area contributed by atoms with Crippen molar-refractivity contribution in [2.45, 2.75) is 50.7 Å². The Labute approximate surface area is 113 Å². The Morgan fingerprint density at radius 3 is 3.11 bits per heavy atom.